The summed E-state index contributed by atoms with van der Waals surface area (Å²) < 4.78 is 0.922. The third-order valence-corrected chi connectivity index (χ3v) is 3.50. The summed E-state index contributed by atoms with van der Waals surface area (Å²) in [7, 11) is 0. The first-order valence-electron chi connectivity index (χ1n) is 4.10. The van der Waals surface area contributed by atoms with E-state index in [0.717, 1.165) is 15.1 Å². The normalized spacial score (nSPS) is 12.6. The van der Waals surface area contributed by atoms with Gasteiger partial charge in [-0.2, -0.15) is 0 Å². The van der Waals surface area contributed by atoms with Crippen LogP contribution in [-0.2, 0) is 0 Å². The highest BCUT2D eigenvalue weighted by Gasteiger charge is 2.05. The topological polar surface area (TPSA) is 32.3 Å². The molecule has 0 bridgehead atoms. The lowest BCUT2D eigenvalue weighted by atomic mass is 10.3. The van der Waals surface area contributed by atoms with Gasteiger partial charge in [0.05, 0.1) is 12.0 Å². The molecule has 2 N–H and O–H groups in total. The van der Waals surface area contributed by atoms with Gasteiger partial charge in [0, 0.05) is 21.6 Å². The molecule has 1 atom stereocenters. The predicted molar refractivity (Wildman–Crippen MR) is 66.6 cm³/mol. The van der Waals surface area contributed by atoms with Crippen LogP contribution in [-0.4, -0.2) is 23.6 Å². The van der Waals surface area contributed by atoms with Crippen molar-refractivity contribution in [1.29, 1.82) is 0 Å². The molecule has 0 fully saturated rings. The van der Waals surface area contributed by atoms with Crippen LogP contribution in [0.25, 0.3) is 0 Å². The molecule has 0 saturated carbocycles. The van der Waals surface area contributed by atoms with Gasteiger partial charge in [-0.05, 0) is 28.1 Å². The van der Waals surface area contributed by atoms with Crippen LogP contribution >= 0.6 is 40.2 Å². The fourth-order valence-corrected chi connectivity index (χ4v) is 1.64. The molecule has 0 radical (unpaired) electrons. The Morgan fingerprint density at radius 2 is 2.29 bits per heavy atom. The molecule has 0 heterocycles. The maximum absolute atomic E-state index is 9.25. The van der Waals surface area contributed by atoms with E-state index in [1.165, 1.54) is 0 Å². The molecular formula is C9H11BrClNOS. The molecule has 0 amide bonds. The lowest BCUT2D eigenvalue weighted by Gasteiger charge is -2.12. The molecule has 0 aliphatic rings. The summed E-state index contributed by atoms with van der Waals surface area (Å²) in [5.74, 6) is 0.225. The van der Waals surface area contributed by atoms with Crippen LogP contribution < -0.4 is 5.32 Å². The van der Waals surface area contributed by atoms with Crippen molar-refractivity contribution in [2.75, 3.05) is 17.7 Å². The number of hydrogen-bond acceptors (Lipinski definition) is 3. The lowest BCUT2D eigenvalue weighted by Crippen LogP contribution is -2.20. The number of benzene rings is 1. The molecule has 0 saturated heterocycles. The van der Waals surface area contributed by atoms with Gasteiger partial charge in [-0.1, -0.05) is 6.07 Å². The number of rotatable bonds is 4. The number of halogens is 2. The Morgan fingerprint density at radius 3 is 2.93 bits per heavy atom. The van der Waals surface area contributed by atoms with E-state index in [9.17, 15) is 5.11 Å². The van der Waals surface area contributed by atoms with Crippen LogP contribution in [0.1, 0.15) is 0 Å². The minimum absolute atomic E-state index is 0.225. The van der Waals surface area contributed by atoms with Crippen molar-refractivity contribution in [3.63, 3.8) is 0 Å². The lowest BCUT2D eigenvalue weighted by molar-refractivity contribution is 0.211. The summed E-state index contributed by atoms with van der Waals surface area (Å²) >= 11 is 13.2. The monoisotopic (exact) mass is 295 g/mol. The number of nitrogens with one attached hydrogen (secondary N) is 1. The van der Waals surface area contributed by atoms with Gasteiger partial charge in [-0.15, -0.1) is 24.2 Å². The van der Waals surface area contributed by atoms with E-state index in [4.69, 9.17) is 11.6 Å². The summed E-state index contributed by atoms with van der Waals surface area (Å²) in [6.45, 7) is 0.424. The Balaban J connectivity index is 2.63. The van der Waals surface area contributed by atoms with E-state index in [1.807, 2.05) is 18.2 Å². The zero-order valence-electron chi connectivity index (χ0n) is 7.37. The van der Waals surface area contributed by atoms with Gasteiger partial charge in [0.25, 0.3) is 0 Å². The molecule has 1 unspecified atom stereocenters. The van der Waals surface area contributed by atoms with Crippen molar-refractivity contribution in [3.05, 3.63) is 22.7 Å². The smallest absolute Gasteiger partial charge is 0.0847 e. The van der Waals surface area contributed by atoms with Crippen LogP contribution in [0.5, 0.6) is 0 Å². The van der Waals surface area contributed by atoms with Crippen molar-refractivity contribution >= 4 is 45.8 Å². The SMILES string of the molecule is OC(CCl)CNc1cccc(Br)c1S. The third kappa shape index (κ3) is 3.35. The summed E-state index contributed by atoms with van der Waals surface area (Å²) in [4.78, 5) is 0.828. The molecule has 0 aliphatic heterocycles. The van der Waals surface area contributed by atoms with Crippen LogP contribution in [0.15, 0.2) is 27.6 Å². The Morgan fingerprint density at radius 1 is 1.57 bits per heavy atom. The summed E-state index contributed by atoms with van der Waals surface area (Å²) in [5.41, 5.74) is 0.881. The van der Waals surface area contributed by atoms with Crippen molar-refractivity contribution in [2.24, 2.45) is 0 Å². The number of hydrogen-bond donors (Lipinski definition) is 3. The Kier molecular flexibility index (Phi) is 5.09. The minimum atomic E-state index is -0.539. The Hall–Kier alpha value is 0.1000. The summed E-state index contributed by atoms with van der Waals surface area (Å²) in [6, 6.07) is 5.71. The molecule has 14 heavy (non-hydrogen) atoms. The number of aliphatic hydroxyl groups excluding tert-OH is 1. The number of anilines is 1. The van der Waals surface area contributed by atoms with Gasteiger partial charge in [-0.3, -0.25) is 0 Å². The zero-order chi connectivity index (χ0) is 10.6. The van der Waals surface area contributed by atoms with Gasteiger partial charge in [0.2, 0.25) is 0 Å². The van der Waals surface area contributed by atoms with Crippen molar-refractivity contribution in [2.45, 2.75) is 11.0 Å². The molecule has 2 nitrogen and oxygen atoms in total. The zero-order valence-corrected chi connectivity index (χ0v) is 10.6. The molecule has 5 heteroatoms. The second kappa shape index (κ2) is 5.85. The number of thiol groups is 1. The van der Waals surface area contributed by atoms with Gasteiger partial charge >= 0.3 is 0 Å². The quantitative estimate of drug-likeness (QED) is 0.590. The van der Waals surface area contributed by atoms with Crippen molar-refractivity contribution in [3.8, 4) is 0 Å². The maximum Gasteiger partial charge on any atom is 0.0847 e. The fraction of sp³-hybridized carbons (Fsp3) is 0.333. The average molecular weight is 297 g/mol. The number of alkyl halides is 1. The van der Waals surface area contributed by atoms with E-state index < -0.39 is 6.10 Å². The van der Waals surface area contributed by atoms with E-state index in [1.54, 1.807) is 0 Å². The van der Waals surface area contributed by atoms with Gasteiger partial charge in [-0.25, -0.2) is 0 Å². The third-order valence-electron chi connectivity index (χ3n) is 1.69. The highest BCUT2D eigenvalue weighted by molar-refractivity contribution is 9.10. The molecule has 0 spiro atoms. The second-order valence-corrected chi connectivity index (χ2v) is 4.44. The van der Waals surface area contributed by atoms with Crippen LogP contribution in [0.3, 0.4) is 0 Å². The standard InChI is InChI=1S/C9H11BrClNOS/c10-7-2-1-3-8(9(7)14)12-5-6(13)4-11/h1-3,6,12-14H,4-5H2. The molecule has 0 aliphatic carbocycles. The molecule has 1 aromatic rings. The average Bonchev–Trinajstić information content (AvgIpc) is 2.20. The molecule has 1 rings (SSSR count). The van der Waals surface area contributed by atoms with Crippen LogP contribution in [0.4, 0.5) is 5.69 Å². The van der Waals surface area contributed by atoms with E-state index in [-0.39, 0.29) is 5.88 Å². The largest absolute Gasteiger partial charge is 0.390 e. The Labute approximate surface area is 102 Å². The highest BCUT2D eigenvalue weighted by atomic mass is 79.9. The molecule has 1 aromatic carbocycles. The molecular weight excluding hydrogens is 286 g/mol. The van der Waals surface area contributed by atoms with Gasteiger partial charge in [0.15, 0.2) is 0 Å². The van der Waals surface area contributed by atoms with Gasteiger partial charge < -0.3 is 10.4 Å². The first-order chi connectivity index (χ1) is 6.65. The van der Waals surface area contributed by atoms with E-state index in [2.05, 4.69) is 33.9 Å². The maximum atomic E-state index is 9.25. The fourth-order valence-electron chi connectivity index (χ4n) is 0.940. The second-order valence-electron chi connectivity index (χ2n) is 2.83. The van der Waals surface area contributed by atoms with Crippen molar-refractivity contribution in [1.82, 2.24) is 0 Å². The van der Waals surface area contributed by atoms with Crippen molar-refractivity contribution < 1.29 is 5.11 Å². The van der Waals surface area contributed by atoms with Crippen LogP contribution in [0.2, 0.25) is 0 Å². The van der Waals surface area contributed by atoms with Gasteiger partial charge in [0.1, 0.15) is 0 Å². The first-order valence-corrected chi connectivity index (χ1v) is 5.88. The highest BCUT2D eigenvalue weighted by Crippen LogP contribution is 2.27. The summed E-state index contributed by atoms with van der Waals surface area (Å²) in [5, 5.41) is 12.3. The first kappa shape index (κ1) is 12.2. The van der Waals surface area contributed by atoms with E-state index >= 15 is 0 Å². The predicted octanol–water partition coefficient (Wildman–Crippen LogP) is 2.75. The molecule has 78 valence electrons. The summed E-state index contributed by atoms with van der Waals surface area (Å²) in [6.07, 6.45) is -0.539. The minimum Gasteiger partial charge on any atom is -0.390 e. The Bertz CT molecular complexity index is 311. The van der Waals surface area contributed by atoms with E-state index in [0.29, 0.717) is 6.54 Å². The number of aliphatic hydroxyl groups is 1. The molecule has 0 aromatic heterocycles. The van der Waals surface area contributed by atoms with Crippen LogP contribution in [0, 0.1) is 0 Å².